The third-order valence-electron chi connectivity index (χ3n) is 2.68. The molecule has 0 aliphatic carbocycles. The second-order valence-electron chi connectivity index (χ2n) is 4.48. The highest BCUT2D eigenvalue weighted by Gasteiger charge is 2.12. The van der Waals surface area contributed by atoms with E-state index in [4.69, 9.17) is 28.9 Å². The summed E-state index contributed by atoms with van der Waals surface area (Å²) >= 11 is 11.8. The zero-order valence-corrected chi connectivity index (χ0v) is 12.5. The lowest BCUT2D eigenvalue weighted by atomic mass is 10.2. The molecular weight excluding hydrogens is 297 g/mol. The van der Waals surface area contributed by atoms with E-state index in [1.54, 1.807) is 6.07 Å². The molecule has 0 aliphatic rings. The van der Waals surface area contributed by atoms with Gasteiger partial charge in [0.05, 0.1) is 15.7 Å². The Bertz CT molecular complexity index is 643. The average Bonchev–Trinajstić information content (AvgIpc) is 2.33. The highest BCUT2D eigenvalue weighted by atomic mass is 35.5. The number of rotatable bonds is 2. The summed E-state index contributed by atoms with van der Waals surface area (Å²) in [5, 5.41) is 3.20. The van der Waals surface area contributed by atoms with E-state index in [0.717, 1.165) is 11.3 Å². The van der Waals surface area contributed by atoms with Gasteiger partial charge in [-0.1, -0.05) is 23.2 Å². The van der Waals surface area contributed by atoms with Gasteiger partial charge in [0.15, 0.2) is 0 Å². The van der Waals surface area contributed by atoms with Crippen LogP contribution in [0.5, 0.6) is 0 Å². The van der Waals surface area contributed by atoms with E-state index in [2.05, 4.69) is 10.3 Å². The predicted molar refractivity (Wildman–Crippen MR) is 82.5 cm³/mol. The summed E-state index contributed by atoms with van der Waals surface area (Å²) in [4.78, 5) is 16.4. The van der Waals surface area contributed by atoms with Gasteiger partial charge in [0.25, 0.3) is 5.91 Å². The number of benzene rings is 1. The second-order valence-corrected chi connectivity index (χ2v) is 5.29. The summed E-state index contributed by atoms with van der Waals surface area (Å²) in [6.45, 7) is 3.79. The maximum absolute atomic E-state index is 12.1. The Morgan fingerprint density at radius 3 is 2.30 bits per heavy atom. The molecule has 104 valence electrons. The van der Waals surface area contributed by atoms with Crippen LogP contribution in [0.2, 0.25) is 10.0 Å². The van der Waals surface area contributed by atoms with E-state index in [9.17, 15) is 4.79 Å². The number of carbonyl (C=O) groups is 1. The van der Waals surface area contributed by atoms with Crippen molar-refractivity contribution in [2.45, 2.75) is 13.8 Å². The number of aryl methyl sites for hydroxylation is 2. The first-order valence-electron chi connectivity index (χ1n) is 5.88. The Hall–Kier alpha value is -1.78. The molecule has 0 aliphatic heterocycles. The van der Waals surface area contributed by atoms with Crippen molar-refractivity contribution >= 4 is 40.6 Å². The van der Waals surface area contributed by atoms with Crippen molar-refractivity contribution in [3.8, 4) is 0 Å². The lowest BCUT2D eigenvalue weighted by Crippen LogP contribution is -2.13. The maximum Gasteiger partial charge on any atom is 0.256 e. The third kappa shape index (κ3) is 3.21. The molecule has 2 aromatic rings. The molecule has 1 amide bonds. The molecule has 0 fully saturated rings. The molecule has 0 unspecified atom stereocenters. The van der Waals surface area contributed by atoms with Crippen molar-refractivity contribution in [1.29, 1.82) is 0 Å². The minimum absolute atomic E-state index is 0.246. The van der Waals surface area contributed by atoms with E-state index < -0.39 is 0 Å². The minimum atomic E-state index is -0.341. The lowest BCUT2D eigenvalue weighted by molar-refractivity contribution is 0.102. The maximum atomic E-state index is 12.1. The largest absolute Gasteiger partial charge is 0.396 e. The van der Waals surface area contributed by atoms with Gasteiger partial charge in [0.1, 0.15) is 5.82 Å². The van der Waals surface area contributed by atoms with Crippen LogP contribution < -0.4 is 11.1 Å². The average molecular weight is 310 g/mol. The number of amides is 1. The van der Waals surface area contributed by atoms with Crippen LogP contribution in [0.25, 0.3) is 0 Å². The number of nitrogen functional groups attached to an aromatic ring is 1. The van der Waals surface area contributed by atoms with Gasteiger partial charge in [-0.3, -0.25) is 4.79 Å². The molecule has 6 heteroatoms. The Labute approximate surface area is 126 Å². The summed E-state index contributed by atoms with van der Waals surface area (Å²) in [5.41, 5.74) is 8.07. The summed E-state index contributed by atoms with van der Waals surface area (Å²) < 4.78 is 0. The number of nitrogens with two attached hydrogens (primary N) is 1. The van der Waals surface area contributed by atoms with Gasteiger partial charge in [-0.2, -0.15) is 0 Å². The topological polar surface area (TPSA) is 68.0 Å². The van der Waals surface area contributed by atoms with E-state index in [1.807, 2.05) is 19.9 Å². The number of aromatic nitrogens is 1. The fourth-order valence-corrected chi connectivity index (χ4v) is 2.30. The number of anilines is 2. The molecule has 1 aromatic carbocycles. The van der Waals surface area contributed by atoms with Gasteiger partial charge in [0.2, 0.25) is 0 Å². The molecule has 0 saturated heterocycles. The zero-order chi connectivity index (χ0) is 14.9. The number of halogens is 2. The molecule has 20 heavy (non-hydrogen) atoms. The van der Waals surface area contributed by atoms with Crippen LogP contribution in [0.3, 0.4) is 0 Å². The standard InChI is InChI=1S/C14H13Cl2N3O/c1-7-3-8(2)18-12(4-7)19-14(20)9-5-10(15)13(17)11(16)6-9/h3-6H,17H2,1-2H3,(H,18,19,20). The smallest absolute Gasteiger partial charge is 0.256 e. The fraction of sp³-hybridized carbons (Fsp3) is 0.143. The van der Waals surface area contributed by atoms with Crippen molar-refractivity contribution < 1.29 is 4.79 Å². The highest BCUT2D eigenvalue weighted by Crippen LogP contribution is 2.29. The summed E-state index contributed by atoms with van der Waals surface area (Å²) in [5.74, 6) is 0.142. The van der Waals surface area contributed by atoms with Crippen molar-refractivity contribution in [3.63, 3.8) is 0 Å². The summed E-state index contributed by atoms with van der Waals surface area (Å²) in [7, 11) is 0. The molecule has 0 atom stereocenters. The third-order valence-corrected chi connectivity index (χ3v) is 3.31. The van der Waals surface area contributed by atoms with Crippen molar-refractivity contribution in [2.24, 2.45) is 0 Å². The van der Waals surface area contributed by atoms with E-state index in [1.165, 1.54) is 12.1 Å². The predicted octanol–water partition coefficient (Wildman–Crippen LogP) is 3.84. The highest BCUT2D eigenvalue weighted by molar-refractivity contribution is 6.39. The first-order chi connectivity index (χ1) is 9.36. The van der Waals surface area contributed by atoms with Crippen LogP contribution in [-0.4, -0.2) is 10.9 Å². The lowest BCUT2D eigenvalue weighted by Gasteiger charge is -2.08. The molecule has 0 bridgehead atoms. The number of nitrogens with zero attached hydrogens (tertiary/aromatic N) is 1. The Balaban J connectivity index is 2.28. The first-order valence-corrected chi connectivity index (χ1v) is 6.63. The molecule has 4 nitrogen and oxygen atoms in total. The van der Waals surface area contributed by atoms with E-state index >= 15 is 0 Å². The molecule has 0 saturated carbocycles. The van der Waals surface area contributed by atoms with Gasteiger partial charge in [-0.25, -0.2) is 4.98 Å². The molecule has 1 aromatic heterocycles. The molecule has 3 N–H and O–H groups in total. The summed E-state index contributed by atoms with van der Waals surface area (Å²) in [6, 6.07) is 6.65. The molecule has 0 spiro atoms. The van der Waals surface area contributed by atoms with Crippen LogP contribution in [0.4, 0.5) is 11.5 Å². The number of pyridine rings is 1. The van der Waals surface area contributed by atoms with E-state index in [-0.39, 0.29) is 21.6 Å². The monoisotopic (exact) mass is 309 g/mol. The minimum Gasteiger partial charge on any atom is -0.396 e. The van der Waals surface area contributed by atoms with Crippen molar-refractivity contribution in [1.82, 2.24) is 4.98 Å². The van der Waals surface area contributed by atoms with E-state index in [0.29, 0.717) is 11.4 Å². The van der Waals surface area contributed by atoms with Gasteiger partial charge in [0, 0.05) is 11.3 Å². The van der Waals surface area contributed by atoms with Gasteiger partial charge >= 0.3 is 0 Å². The first kappa shape index (κ1) is 14.6. The quantitative estimate of drug-likeness (QED) is 0.828. The van der Waals surface area contributed by atoms with Gasteiger partial charge in [-0.15, -0.1) is 0 Å². The Kier molecular flexibility index (Phi) is 4.16. The fourth-order valence-electron chi connectivity index (χ4n) is 1.81. The Morgan fingerprint density at radius 1 is 1.15 bits per heavy atom. The SMILES string of the molecule is Cc1cc(C)nc(NC(=O)c2cc(Cl)c(N)c(Cl)c2)c1. The number of hydrogen-bond donors (Lipinski definition) is 2. The number of hydrogen-bond acceptors (Lipinski definition) is 3. The number of carbonyl (C=O) groups excluding carboxylic acids is 1. The van der Waals surface area contributed by atoms with Crippen LogP contribution in [0, 0.1) is 13.8 Å². The van der Waals surface area contributed by atoms with Crippen LogP contribution in [-0.2, 0) is 0 Å². The molecule has 0 radical (unpaired) electrons. The van der Waals surface area contributed by atoms with Crippen LogP contribution in [0.1, 0.15) is 21.6 Å². The van der Waals surface area contributed by atoms with Crippen LogP contribution in [0.15, 0.2) is 24.3 Å². The van der Waals surface area contributed by atoms with Crippen molar-refractivity contribution in [3.05, 3.63) is 51.1 Å². The van der Waals surface area contributed by atoms with Gasteiger partial charge in [-0.05, 0) is 43.7 Å². The second kappa shape index (κ2) is 5.69. The summed E-state index contributed by atoms with van der Waals surface area (Å²) in [6.07, 6.45) is 0. The molecular formula is C14H13Cl2N3O. The van der Waals surface area contributed by atoms with Gasteiger partial charge < -0.3 is 11.1 Å². The molecule has 2 rings (SSSR count). The van der Waals surface area contributed by atoms with Crippen LogP contribution >= 0.6 is 23.2 Å². The number of nitrogens with one attached hydrogen (secondary N) is 1. The molecule has 1 heterocycles. The van der Waals surface area contributed by atoms with Crippen molar-refractivity contribution in [2.75, 3.05) is 11.1 Å². The normalized spacial score (nSPS) is 10.4. The Morgan fingerprint density at radius 2 is 1.75 bits per heavy atom. The zero-order valence-electron chi connectivity index (χ0n) is 11.0.